The van der Waals surface area contributed by atoms with E-state index in [1.54, 1.807) is 4.90 Å². The lowest BCUT2D eigenvalue weighted by atomic mass is 9.92. The number of hydrogen-bond acceptors (Lipinski definition) is 5. The Morgan fingerprint density at radius 3 is 2.81 bits per heavy atom. The zero-order chi connectivity index (χ0) is 15.6. The number of nitrogens with zero attached hydrogens (tertiary/aromatic N) is 1. The lowest BCUT2D eigenvalue weighted by molar-refractivity contribution is 0.0540. The molecule has 1 amide bonds. The average molecular weight is 314 g/mol. The van der Waals surface area contributed by atoms with Crippen LogP contribution in [-0.2, 0) is 15.6 Å². The van der Waals surface area contributed by atoms with Crippen molar-refractivity contribution >= 4 is 15.7 Å². The van der Waals surface area contributed by atoms with E-state index in [1.165, 1.54) is 12.1 Å². The van der Waals surface area contributed by atoms with Crippen LogP contribution in [0.5, 0.6) is 0 Å². The molecule has 1 aromatic heterocycles. The normalized spacial score (nSPS) is 23.3. The van der Waals surface area contributed by atoms with Gasteiger partial charge in [0.1, 0.15) is 11.5 Å². The third kappa shape index (κ3) is 4.07. The van der Waals surface area contributed by atoms with E-state index in [4.69, 9.17) is 10.2 Å². The van der Waals surface area contributed by atoms with Gasteiger partial charge in [-0.25, -0.2) is 8.42 Å². The van der Waals surface area contributed by atoms with Crippen molar-refractivity contribution < 1.29 is 17.6 Å². The zero-order valence-corrected chi connectivity index (χ0v) is 13.2. The Labute approximate surface area is 125 Å². The molecule has 1 aliphatic rings. The topological polar surface area (TPSA) is 93.6 Å². The van der Waals surface area contributed by atoms with Crippen molar-refractivity contribution in [1.29, 1.82) is 0 Å². The third-order valence-corrected chi connectivity index (χ3v) is 4.60. The second kappa shape index (κ2) is 6.19. The average Bonchev–Trinajstić information content (AvgIpc) is 2.84. The highest BCUT2D eigenvalue weighted by atomic mass is 32.2. The van der Waals surface area contributed by atoms with Crippen molar-refractivity contribution in [3.05, 3.63) is 23.7 Å². The van der Waals surface area contributed by atoms with Crippen LogP contribution in [0.15, 0.2) is 16.5 Å². The summed E-state index contributed by atoms with van der Waals surface area (Å²) in [5, 5.41) is 0. The van der Waals surface area contributed by atoms with Crippen molar-refractivity contribution in [1.82, 2.24) is 4.90 Å². The quantitative estimate of drug-likeness (QED) is 0.895. The number of hydrogen-bond donors (Lipinski definition) is 1. The maximum absolute atomic E-state index is 12.5. The molecule has 1 fully saturated rings. The summed E-state index contributed by atoms with van der Waals surface area (Å²) in [5.74, 6) is 0.617. The first-order valence-electron chi connectivity index (χ1n) is 7.07. The molecule has 2 heterocycles. The fourth-order valence-corrected chi connectivity index (χ4v) is 3.38. The van der Waals surface area contributed by atoms with Gasteiger partial charge in [-0.1, -0.05) is 6.92 Å². The molecule has 6 nitrogen and oxygen atoms in total. The number of piperidine rings is 1. The summed E-state index contributed by atoms with van der Waals surface area (Å²) in [6.07, 6.45) is 2.96. The number of carbonyl (C=O) groups excluding carboxylic acids is 1. The standard InChI is InChI=1S/C14H22N2O4S/c1-10-5-6-16(11(7-10)8-15)14(17)13-4-3-12(20-13)9-21(2,18)19/h3-4,10-11H,5-9,15H2,1-2H3. The highest BCUT2D eigenvalue weighted by molar-refractivity contribution is 7.89. The molecule has 1 saturated heterocycles. The van der Waals surface area contributed by atoms with E-state index in [9.17, 15) is 13.2 Å². The second-order valence-electron chi connectivity index (χ2n) is 5.85. The van der Waals surface area contributed by atoms with E-state index >= 15 is 0 Å². The minimum atomic E-state index is -3.18. The van der Waals surface area contributed by atoms with Gasteiger partial charge in [-0.15, -0.1) is 0 Å². The molecule has 7 heteroatoms. The molecule has 0 aromatic carbocycles. The van der Waals surface area contributed by atoms with E-state index in [0.29, 0.717) is 19.0 Å². The van der Waals surface area contributed by atoms with Gasteiger partial charge >= 0.3 is 0 Å². The first kappa shape index (κ1) is 16.0. The molecular formula is C14H22N2O4S. The Balaban J connectivity index is 2.12. The van der Waals surface area contributed by atoms with E-state index < -0.39 is 9.84 Å². The molecule has 21 heavy (non-hydrogen) atoms. The van der Waals surface area contributed by atoms with Gasteiger partial charge in [0.2, 0.25) is 0 Å². The molecule has 0 saturated carbocycles. The van der Waals surface area contributed by atoms with E-state index in [1.807, 2.05) is 0 Å². The zero-order valence-electron chi connectivity index (χ0n) is 12.4. The number of furan rings is 1. The van der Waals surface area contributed by atoms with Gasteiger partial charge in [-0.2, -0.15) is 0 Å². The van der Waals surface area contributed by atoms with Gasteiger partial charge < -0.3 is 15.1 Å². The van der Waals surface area contributed by atoms with Crippen LogP contribution in [0.4, 0.5) is 0 Å². The lowest BCUT2D eigenvalue weighted by Gasteiger charge is -2.37. The molecule has 0 bridgehead atoms. The van der Waals surface area contributed by atoms with Crippen LogP contribution in [0.2, 0.25) is 0 Å². The van der Waals surface area contributed by atoms with Crippen LogP contribution in [-0.4, -0.2) is 44.6 Å². The van der Waals surface area contributed by atoms with Crippen molar-refractivity contribution in [2.24, 2.45) is 11.7 Å². The maximum Gasteiger partial charge on any atom is 0.289 e. The van der Waals surface area contributed by atoms with Crippen molar-refractivity contribution in [3.8, 4) is 0 Å². The molecule has 0 spiro atoms. The molecule has 118 valence electrons. The highest BCUT2D eigenvalue weighted by Gasteiger charge is 2.31. The number of amides is 1. The molecule has 2 N–H and O–H groups in total. The monoisotopic (exact) mass is 314 g/mol. The molecule has 1 aromatic rings. The van der Waals surface area contributed by atoms with Gasteiger partial charge in [-0.05, 0) is 30.9 Å². The predicted octanol–water partition coefficient (Wildman–Crippen LogP) is 1.02. The predicted molar refractivity (Wildman–Crippen MR) is 79.5 cm³/mol. The molecule has 0 aliphatic carbocycles. The molecule has 1 aliphatic heterocycles. The first-order valence-corrected chi connectivity index (χ1v) is 9.13. The summed E-state index contributed by atoms with van der Waals surface area (Å²) in [6.45, 7) is 3.23. The van der Waals surface area contributed by atoms with Gasteiger partial charge in [0, 0.05) is 25.4 Å². The molecule has 2 atom stereocenters. The second-order valence-corrected chi connectivity index (χ2v) is 7.99. The molecular weight excluding hydrogens is 292 g/mol. The summed E-state index contributed by atoms with van der Waals surface area (Å²) in [4.78, 5) is 14.2. The Hall–Kier alpha value is -1.34. The third-order valence-electron chi connectivity index (χ3n) is 3.79. The first-order chi connectivity index (χ1) is 9.80. The number of likely N-dealkylation sites (tertiary alicyclic amines) is 1. The summed E-state index contributed by atoms with van der Waals surface area (Å²) < 4.78 is 27.9. The van der Waals surface area contributed by atoms with Crippen molar-refractivity contribution in [2.45, 2.75) is 31.6 Å². The van der Waals surface area contributed by atoms with E-state index in [-0.39, 0.29) is 29.2 Å². The Bertz CT molecular complexity index is 608. The summed E-state index contributed by atoms with van der Waals surface area (Å²) in [6, 6.07) is 3.09. The minimum absolute atomic E-state index is 0.0182. The number of carbonyl (C=O) groups is 1. The molecule has 2 unspecified atom stereocenters. The maximum atomic E-state index is 12.5. The number of nitrogens with two attached hydrogens (primary N) is 1. The van der Waals surface area contributed by atoms with Crippen molar-refractivity contribution in [2.75, 3.05) is 19.3 Å². The Kier molecular flexibility index (Phi) is 4.73. The van der Waals surface area contributed by atoms with Crippen molar-refractivity contribution in [3.63, 3.8) is 0 Å². The van der Waals surface area contributed by atoms with Gasteiger partial charge in [0.05, 0.1) is 0 Å². The van der Waals surface area contributed by atoms with Crippen LogP contribution in [0.3, 0.4) is 0 Å². The van der Waals surface area contributed by atoms with Crippen LogP contribution in [0, 0.1) is 5.92 Å². The number of sulfone groups is 1. The van der Waals surface area contributed by atoms with Crippen LogP contribution >= 0.6 is 0 Å². The Morgan fingerprint density at radius 2 is 2.19 bits per heavy atom. The Morgan fingerprint density at radius 1 is 1.48 bits per heavy atom. The fraction of sp³-hybridized carbons (Fsp3) is 0.643. The molecule has 0 radical (unpaired) electrons. The van der Waals surface area contributed by atoms with Gasteiger partial charge in [-0.3, -0.25) is 4.79 Å². The summed E-state index contributed by atoms with van der Waals surface area (Å²) >= 11 is 0. The smallest absolute Gasteiger partial charge is 0.289 e. The summed E-state index contributed by atoms with van der Waals surface area (Å²) in [7, 11) is -3.18. The highest BCUT2D eigenvalue weighted by Crippen LogP contribution is 2.24. The van der Waals surface area contributed by atoms with E-state index in [0.717, 1.165) is 19.1 Å². The van der Waals surface area contributed by atoms with Crippen LogP contribution in [0.1, 0.15) is 36.1 Å². The van der Waals surface area contributed by atoms with Gasteiger partial charge in [0.25, 0.3) is 5.91 Å². The van der Waals surface area contributed by atoms with E-state index in [2.05, 4.69) is 6.92 Å². The van der Waals surface area contributed by atoms with Gasteiger partial charge in [0.15, 0.2) is 15.6 Å². The minimum Gasteiger partial charge on any atom is -0.455 e. The number of rotatable bonds is 4. The molecule has 2 rings (SSSR count). The lowest BCUT2D eigenvalue weighted by Crippen LogP contribution is -2.49. The largest absolute Gasteiger partial charge is 0.455 e. The van der Waals surface area contributed by atoms with Crippen LogP contribution in [0.25, 0.3) is 0 Å². The van der Waals surface area contributed by atoms with Crippen LogP contribution < -0.4 is 5.73 Å². The summed E-state index contributed by atoms with van der Waals surface area (Å²) in [5.41, 5.74) is 5.76. The fourth-order valence-electron chi connectivity index (χ4n) is 2.71. The SMILES string of the molecule is CC1CCN(C(=O)c2ccc(CS(C)(=O)=O)o2)C(CN)C1.